The monoisotopic (exact) mass is 157 g/mol. The first-order chi connectivity index (χ1) is 4.16. The Labute approximate surface area is 77.3 Å². The number of alkyl halides is 1. The third kappa shape index (κ3) is 8.32. The van der Waals surface area contributed by atoms with Gasteiger partial charge in [0.2, 0.25) is 5.91 Å². The van der Waals surface area contributed by atoms with Gasteiger partial charge in [-0.2, -0.15) is 0 Å². The van der Waals surface area contributed by atoms with Crippen molar-refractivity contribution in [3.05, 3.63) is 0 Å². The average Bonchev–Trinajstić information content (AvgIpc) is 1.83. The molecule has 0 heterocycles. The summed E-state index contributed by atoms with van der Waals surface area (Å²) in [4.78, 5) is 10.2. The number of rotatable bonds is 3. The van der Waals surface area contributed by atoms with Crippen molar-refractivity contribution in [3.8, 4) is 0 Å². The number of carbonyl (C=O) groups is 1. The molecule has 0 fully saturated rings. The smallest absolute Gasteiger partial charge is 0.850 e. The van der Waals surface area contributed by atoms with E-state index in [9.17, 15) is 9.90 Å². The van der Waals surface area contributed by atoms with Crippen molar-refractivity contribution in [3.63, 3.8) is 0 Å². The van der Waals surface area contributed by atoms with Crippen molar-refractivity contribution in [2.75, 3.05) is 12.4 Å². The maximum Gasteiger partial charge on any atom is 1.00 e. The molecule has 0 aromatic heterocycles. The third-order valence-corrected chi connectivity index (χ3v) is 1.09. The molecule has 0 spiro atoms. The van der Waals surface area contributed by atoms with Gasteiger partial charge < -0.3 is 10.4 Å². The number of amides is 1. The van der Waals surface area contributed by atoms with Crippen molar-refractivity contribution < 1.29 is 28.8 Å². The molecule has 0 saturated heterocycles. The van der Waals surface area contributed by atoms with Gasteiger partial charge in [-0.25, -0.2) is 0 Å². The summed E-state index contributed by atoms with van der Waals surface area (Å²) in [5, 5.41) is 12.8. The van der Waals surface area contributed by atoms with Crippen LogP contribution in [-0.4, -0.2) is 24.4 Å². The summed E-state index contributed by atoms with van der Waals surface area (Å²) in [5.74, 6) is -0.152. The molecule has 0 unspecified atom stereocenters. The van der Waals surface area contributed by atoms with Crippen LogP contribution in [0.15, 0.2) is 0 Å². The number of carbonyl (C=O) groups excluding carboxylic acids is 1. The Hall–Kier alpha value is 0.317. The van der Waals surface area contributed by atoms with E-state index in [0.29, 0.717) is 0 Å². The average molecular weight is 158 g/mol. The SMILES string of the molecule is CC(=O)NC[C@@H]([O-])CCl.[Li+]. The summed E-state index contributed by atoms with van der Waals surface area (Å²) in [6, 6.07) is 0. The number of hydrogen-bond acceptors (Lipinski definition) is 2. The van der Waals surface area contributed by atoms with E-state index in [-0.39, 0.29) is 37.2 Å². The summed E-state index contributed by atoms with van der Waals surface area (Å²) in [5.41, 5.74) is 0. The minimum atomic E-state index is -0.879. The largest absolute Gasteiger partial charge is 1.00 e. The molecular weight excluding hydrogens is 148 g/mol. The molecule has 0 saturated carbocycles. The van der Waals surface area contributed by atoms with Crippen LogP contribution in [0.3, 0.4) is 0 Å². The second-order valence-electron chi connectivity index (χ2n) is 1.71. The van der Waals surface area contributed by atoms with Gasteiger partial charge in [0.1, 0.15) is 0 Å². The van der Waals surface area contributed by atoms with Crippen molar-refractivity contribution in [1.82, 2.24) is 5.32 Å². The van der Waals surface area contributed by atoms with Crippen molar-refractivity contribution in [1.29, 1.82) is 0 Å². The predicted octanol–water partition coefficient (Wildman–Crippen LogP) is -3.91. The van der Waals surface area contributed by atoms with Gasteiger partial charge in [-0.15, -0.1) is 11.6 Å². The van der Waals surface area contributed by atoms with Crippen LogP contribution in [0.1, 0.15) is 6.92 Å². The Morgan fingerprint density at radius 2 is 2.30 bits per heavy atom. The number of hydrogen-bond donors (Lipinski definition) is 1. The minimum absolute atomic E-state index is 0. The maximum atomic E-state index is 10.5. The van der Waals surface area contributed by atoms with Gasteiger partial charge in [-0.05, 0) is 0 Å². The minimum Gasteiger partial charge on any atom is -0.850 e. The van der Waals surface area contributed by atoms with Crippen LogP contribution in [0.5, 0.6) is 0 Å². The Balaban J connectivity index is 0. The van der Waals surface area contributed by atoms with E-state index in [4.69, 9.17) is 11.6 Å². The van der Waals surface area contributed by atoms with Crippen molar-refractivity contribution in [2.24, 2.45) is 0 Å². The summed E-state index contributed by atoms with van der Waals surface area (Å²) in [7, 11) is 0. The number of halogens is 1. The van der Waals surface area contributed by atoms with E-state index < -0.39 is 6.10 Å². The molecule has 0 aliphatic rings. The Bertz CT molecular complexity index is 102. The third-order valence-electron chi connectivity index (χ3n) is 0.751. The molecule has 0 aromatic carbocycles. The van der Waals surface area contributed by atoms with Gasteiger partial charge in [0.05, 0.1) is 0 Å². The molecular formula is C5H9ClLiNO2. The Morgan fingerprint density at radius 3 is 2.60 bits per heavy atom. The van der Waals surface area contributed by atoms with E-state index in [1.807, 2.05) is 0 Å². The molecule has 0 rings (SSSR count). The molecule has 0 aliphatic carbocycles. The molecule has 0 aromatic rings. The molecule has 1 atom stereocenters. The topological polar surface area (TPSA) is 52.2 Å². The van der Waals surface area contributed by atoms with Gasteiger partial charge >= 0.3 is 18.9 Å². The molecule has 54 valence electrons. The summed E-state index contributed by atoms with van der Waals surface area (Å²) >= 11 is 5.17. The van der Waals surface area contributed by atoms with E-state index >= 15 is 0 Å². The van der Waals surface area contributed by atoms with Gasteiger partial charge in [0, 0.05) is 19.3 Å². The van der Waals surface area contributed by atoms with Crippen LogP contribution in [0.2, 0.25) is 0 Å². The van der Waals surface area contributed by atoms with Crippen LogP contribution < -0.4 is 29.3 Å². The number of nitrogens with one attached hydrogen (secondary N) is 1. The standard InChI is InChI=1S/C5H9ClNO2.Li/c1-4(8)7-3-5(9)2-6;/h5H,2-3H2,1H3,(H,7,8);/q-1;+1/t5-;/m0./s1. The Morgan fingerprint density at radius 1 is 1.80 bits per heavy atom. The van der Waals surface area contributed by atoms with E-state index in [1.54, 1.807) is 0 Å². The molecule has 3 nitrogen and oxygen atoms in total. The molecule has 1 N–H and O–H groups in total. The fourth-order valence-corrected chi connectivity index (χ4v) is 0.421. The van der Waals surface area contributed by atoms with Crippen LogP contribution in [0.25, 0.3) is 0 Å². The first-order valence-electron chi connectivity index (χ1n) is 2.63. The zero-order chi connectivity index (χ0) is 7.28. The maximum absolute atomic E-state index is 10.5. The van der Waals surface area contributed by atoms with E-state index in [1.165, 1.54) is 6.92 Å². The molecule has 0 bridgehead atoms. The van der Waals surface area contributed by atoms with Gasteiger partial charge in [-0.1, -0.05) is 6.10 Å². The first-order valence-corrected chi connectivity index (χ1v) is 3.16. The Kier molecular flexibility index (Phi) is 9.61. The fourth-order valence-electron chi connectivity index (χ4n) is 0.312. The molecule has 5 heteroatoms. The molecule has 0 radical (unpaired) electrons. The van der Waals surface area contributed by atoms with E-state index in [0.717, 1.165) is 0 Å². The summed E-state index contributed by atoms with van der Waals surface area (Å²) in [6.07, 6.45) is -0.879. The van der Waals surface area contributed by atoms with Gasteiger partial charge in [-0.3, -0.25) is 4.79 Å². The fraction of sp³-hybridized carbons (Fsp3) is 0.800. The zero-order valence-corrected chi connectivity index (χ0v) is 6.94. The van der Waals surface area contributed by atoms with Gasteiger partial charge in [0.15, 0.2) is 0 Å². The first kappa shape index (κ1) is 12.9. The zero-order valence-electron chi connectivity index (χ0n) is 6.19. The van der Waals surface area contributed by atoms with Gasteiger partial charge in [0.25, 0.3) is 0 Å². The van der Waals surface area contributed by atoms with Crippen LogP contribution in [-0.2, 0) is 4.79 Å². The summed E-state index contributed by atoms with van der Waals surface area (Å²) in [6.45, 7) is 1.49. The quantitative estimate of drug-likeness (QED) is 0.336. The molecule has 10 heavy (non-hydrogen) atoms. The second kappa shape index (κ2) is 7.42. The normalized spacial score (nSPS) is 11.5. The van der Waals surface area contributed by atoms with Crippen LogP contribution >= 0.6 is 11.6 Å². The second-order valence-corrected chi connectivity index (χ2v) is 2.02. The van der Waals surface area contributed by atoms with Crippen LogP contribution in [0.4, 0.5) is 0 Å². The summed E-state index contributed by atoms with van der Waals surface area (Å²) < 4.78 is 0. The molecule has 0 aliphatic heterocycles. The van der Waals surface area contributed by atoms with Crippen LogP contribution in [0, 0.1) is 0 Å². The van der Waals surface area contributed by atoms with Crippen molar-refractivity contribution in [2.45, 2.75) is 13.0 Å². The molecule has 1 amide bonds. The van der Waals surface area contributed by atoms with Crippen molar-refractivity contribution >= 4 is 17.5 Å². The predicted molar refractivity (Wildman–Crippen MR) is 33.2 cm³/mol. The van der Waals surface area contributed by atoms with E-state index in [2.05, 4.69) is 5.32 Å².